The molecule has 0 aliphatic rings. The smallest absolute Gasteiger partial charge is 0.248 e. The molecule has 0 saturated heterocycles. The van der Waals surface area contributed by atoms with Crippen LogP contribution in [0, 0.1) is 0 Å². The van der Waals surface area contributed by atoms with Crippen molar-refractivity contribution in [2.24, 2.45) is 17.0 Å². The summed E-state index contributed by atoms with van der Waals surface area (Å²) in [6.07, 6.45) is 8.93. The van der Waals surface area contributed by atoms with Crippen molar-refractivity contribution in [3.05, 3.63) is 31.5 Å². The SMILES string of the molecule is Cn1c(=O)n(CCCCCCN=C=O)c(=O)n(CCCCCCN=C=O)c1=O. The van der Waals surface area contributed by atoms with E-state index in [4.69, 9.17) is 0 Å². The molecule has 0 fully saturated rings. The minimum Gasteiger partial charge on any atom is -0.248 e. The van der Waals surface area contributed by atoms with Crippen molar-refractivity contribution in [2.45, 2.75) is 64.5 Å². The summed E-state index contributed by atoms with van der Waals surface area (Å²) in [6.45, 7) is 1.34. The maximum absolute atomic E-state index is 12.6. The number of carbonyl (C=O) groups excluding carboxylic acids is 2. The van der Waals surface area contributed by atoms with Gasteiger partial charge in [-0.2, -0.15) is 0 Å². The number of rotatable bonds is 14. The maximum atomic E-state index is 12.6. The zero-order valence-corrected chi connectivity index (χ0v) is 16.3. The van der Waals surface area contributed by atoms with Crippen molar-refractivity contribution >= 4 is 12.2 Å². The van der Waals surface area contributed by atoms with Crippen LogP contribution in [-0.2, 0) is 29.7 Å². The third-order valence-electron chi connectivity index (χ3n) is 4.43. The predicted molar refractivity (Wildman–Crippen MR) is 103 cm³/mol. The minimum atomic E-state index is -0.608. The molecule has 28 heavy (non-hydrogen) atoms. The zero-order chi connectivity index (χ0) is 20.8. The summed E-state index contributed by atoms with van der Waals surface area (Å²) in [4.78, 5) is 64.0. The third-order valence-corrected chi connectivity index (χ3v) is 4.43. The molecule has 0 spiro atoms. The van der Waals surface area contributed by atoms with Gasteiger partial charge in [-0.25, -0.2) is 47.7 Å². The molecule has 1 aromatic rings. The highest BCUT2D eigenvalue weighted by molar-refractivity contribution is 5.32. The fourth-order valence-corrected chi connectivity index (χ4v) is 2.86. The van der Waals surface area contributed by atoms with Gasteiger partial charge in [0, 0.05) is 20.1 Å². The van der Waals surface area contributed by atoms with Crippen LogP contribution in [0.4, 0.5) is 0 Å². The summed E-state index contributed by atoms with van der Waals surface area (Å²) in [5.41, 5.74) is -1.80. The molecule has 0 aliphatic carbocycles. The number of hydrogen-bond acceptors (Lipinski definition) is 7. The summed E-state index contributed by atoms with van der Waals surface area (Å²) in [5, 5.41) is 0. The Bertz CT molecular complexity index is 817. The molecule has 0 bridgehead atoms. The summed E-state index contributed by atoms with van der Waals surface area (Å²) < 4.78 is 3.16. The largest absolute Gasteiger partial charge is 0.336 e. The van der Waals surface area contributed by atoms with Gasteiger partial charge in [-0.3, -0.25) is 0 Å². The van der Waals surface area contributed by atoms with Crippen LogP contribution < -0.4 is 17.1 Å². The van der Waals surface area contributed by atoms with E-state index >= 15 is 0 Å². The van der Waals surface area contributed by atoms with Gasteiger partial charge in [0.1, 0.15) is 0 Å². The molecule has 1 heterocycles. The fraction of sp³-hybridized carbons (Fsp3) is 0.722. The summed E-state index contributed by atoms with van der Waals surface area (Å²) >= 11 is 0. The topological polar surface area (TPSA) is 125 Å². The Morgan fingerprint density at radius 2 is 1.04 bits per heavy atom. The van der Waals surface area contributed by atoms with Gasteiger partial charge in [0.2, 0.25) is 12.2 Å². The second kappa shape index (κ2) is 13.4. The molecule has 10 nitrogen and oxygen atoms in total. The summed E-state index contributed by atoms with van der Waals surface area (Å²) in [6, 6.07) is 0. The van der Waals surface area contributed by atoms with Crippen molar-refractivity contribution in [3.8, 4) is 0 Å². The lowest BCUT2D eigenvalue weighted by molar-refractivity contribution is 0.440. The third kappa shape index (κ3) is 7.42. The average Bonchev–Trinajstić information content (AvgIpc) is 2.69. The highest BCUT2D eigenvalue weighted by Gasteiger charge is 2.12. The van der Waals surface area contributed by atoms with Gasteiger partial charge in [-0.15, -0.1) is 0 Å². The van der Waals surface area contributed by atoms with Crippen molar-refractivity contribution in [1.82, 2.24) is 13.7 Å². The van der Waals surface area contributed by atoms with Crippen molar-refractivity contribution in [2.75, 3.05) is 13.1 Å². The number of aromatic nitrogens is 3. The number of hydrogen-bond donors (Lipinski definition) is 0. The molecule has 1 rings (SSSR count). The first-order valence-corrected chi connectivity index (χ1v) is 9.52. The van der Waals surface area contributed by atoms with E-state index in [0.29, 0.717) is 25.9 Å². The standard InChI is InChI=1S/C18H27N5O5/c1-21-16(26)22(12-8-4-2-6-10-19-14-24)18(28)23(17(21)27)13-9-5-3-7-11-20-15-25/h2-13H2,1H3. The Kier molecular flexibility index (Phi) is 11.1. The molecule has 0 radical (unpaired) electrons. The Morgan fingerprint density at radius 3 is 1.43 bits per heavy atom. The molecular weight excluding hydrogens is 366 g/mol. The van der Waals surface area contributed by atoms with Crippen LogP contribution in [0.1, 0.15) is 51.4 Å². The summed E-state index contributed by atoms with van der Waals surface area (Å²) in [5.74, 6) is 0. The average molecular weight is 393 g/mol. The van der Waals surface area contributed by atoms with E-state index in [1.807, 2.05) is 0 Å². The normalized spacial score (nSPS) is 10.3. The second-order valence-electron chi connectivity index (χ2n) is 6.48. The fourth-order valence-electron chi connectivity index (χ4n) is 2.86. The van der Waals surface area contributed by atoms with Crippen molar-refractivity contribution in [1.29, 1.82) is 0 Å². The van der Waals surface area contributed by atoms with Crippen molar-refractivity contribution < 1.29 is 9.59 Å². The molecule has 154 valence electrons. The quantitative estimate of drug-likeness (QED) is 0.258. The lowest BCUT2D eigenvalue weighted by atomic mass is 10.2. The highest BCUT2D eigenvalue weighted by Crippen LogP contribution is 2.02. The molecule has 0 saturated carbocycles. The molecule has 0 aromatic carbocycles. The number of unbranched alkanes of at least 4 members (excludes halogenated alkanes) is 6. The lowest BCUT2D eigenvalue weighted by Gasteiger charge is -2.11. The number of nitrogens with zero attached hydrogens (tertiary/aromatic N) is 5. The van der Waals surface area contributed by atoms with Gasteiger partial charge in [0.05, 0.1) is 13.1 Å². The van der Waals surface area contributed by atoms with E-state index < -0.39 is 17.1 Å². The first kappa shape index (κ1) is 23.2. The molecule has 0 N–H and O–H groups in total. The van der Waals surface area contributed by atoms with Crippen LogP contribution in [0.25, 0.3) is 0 Å². The van der Waals surface area contributed by atoms with E-state index in [1.54, 1.807) is 0 Å². The number of aliphatic imine (C=N–C) groups is 2. The Balaban J connectivity index is 2.67. The van der Waals surface area contributed by atoms with Gasteiger partial charge in [0.25, 0.3) is 0 Å². The molecule has 10 heteroatoms. The lowest BCUT2D eigenvalue weighted by Crippen LogP contribution is -2.53. The molecule has 0 unspecified atom stereocenters. The van der Waals surface area contributed by atoms with Gasteiger partial charge in [0.15, 0.2) is 0 Å². The van der Waals surface area contributed by atoms with Crippen LogP contribution in [-0.4, -0.2) is 39.0 Å². The Hall–Kier alpha value is -2.83. The monoisotopic (exact) mass is 393 g/mol. The second-order valence-corrected chi connectivity index (χ2v) is 6.48. The van der Waals surface area contributed by atoms with Crippen LogP contribution in [0.15, 0.2) is 24.4 Å². The van der Waals surface area contributed by atoms with E-state index in [2.05, 4.69) is 9.98 Å². The highest BCUT2D eigenvalue weighted by atomic mass is 16.2. The Morgan fingerprint density at radius 1 is 0.643 bits per heavy atom. The van der Waals surface area contributed by atoms with Gasteiger partial charge >= 0.3 is 17.1 Å². The van der Waals surface area contributed by atoms with E-state index in [0.717, 1.165) is 52.2 Å². The van der Waals surface area contributed by atoms with E-state index in [1.165, 1.54) is 19.2 Å². The predicted octanol–water partition coefficient (Wildman–Crippen LogP) is 0.501. The maximum Gasteiger partial charge on any atom is 0.336 e. The molecule has 0 aliphatic heterocycles. The summed E-state index contributed by atoms with van der Waals surface area (Å²) in [7, 11) is 1.37. The van der Waals surface area contributed by atoms with Crippen LogP contribution in [0.2, 0.25) is 0 Å². The molecule has 0 amide bonds. The first-order chi connectivity index (χ1) is 13.5. The first-order valence-electron chi connectivity index (χ1n) is 9.52. The minimum absolute atomic E-state index is 0.242. The van der Waals surface area contributed by atoms with Gasteiger partial charge in [-0.05, 0) is 25.7 Å². The van der Waals surface area contributed by atoms with E-state index in [-0.39, 0.29) is 13.1 Å². The van der Waals surface area contributed by atoms with E-state index in [9.17, 15) is 24.0 Å². The zero-order valence-electron chi connectivity index (χ0n) is 16.3. The number of isocyanates is 2. The molecule has 1 aromatic heterocycles. The molecule has 0 atom stereocenters. The molecular formula is C18H27N5O5. The van der Waals surface area contributed by atoms with Crippen LogP contribution in [0.5, 0.6) is 0 Å². The van der Waals surface area contributed by atoms with Crippen molar-refractivity contribution in [3.63, 3.8) is 0 Å². The van der Waals surface area contributed by atoms with Gasteiger partial charge < -0.3 is 0 Å². The van der Waals surface area contributed by atoms with Crippen LogP contribution in [0.3, 0.4) is 0 Å². The van der Waals surface area contributed by atoms with Crippen LogP contribution >= 0.6 is 0 Å². The Labute approximate surface area is 162 Å². The van der Waals surface area contributed by atoms with Gasteiger partial charge in [-0.1, -0.05) is 25.7 Å².